The standard InChI is InChI=1S/C11H16N4/c1-12-8-11-13-7-10-9(14(2)3)5-4-6-15(10)11/h4-7,12H,8H2,1-3H3. The molecule has 80 valence electrons. The van der Waals surface area contributed by atoms with Gasteiger partial charge >= 0.3 is 0 Å². The van der Waals surface area contributed by atoms with Crippen LogP contribution in [0.5, 0.6) is 0 Å². The summed E-state index contributed by atoms with van der Waals surface area (Å²) in [6, 6.07) is 4.14. The molecule has 2 rings (SSSR count). The van der Waals surface area contributed by atoms with Crippen molar-refractivity contribution in [3.05, 3.63) is 30.4 Å². The molecule has 15 heavy (non-hydrogen) atoms. The van der Waals surface area contributed by atoms with Gasteiger partial charge in [0.25, 0.3) is 0 Å². The minimum Gasteiger partial charge on any atom is -0.376 e. The average Bonchev–Trinajstić information content (AvgIpc) is 2.62. The van der Waals surface area contributed by atoms with Crippen LogP contribution in [0.2, 0.25) is 0 Å². The molecule has 0 amide bonds. The maximum absolute atomic E-state index is 4.40. The Morgan fingerprint density at radius 3 is 2.93 bits per heavy atom. The van der Waals surface area contributed by atoms with Crippen molar-refractivity contribution in [3.63, 3.8) is 0 Å². The van der Waals surface area contributed by atoms with Crippen LogP contribution in [0.25, 0.3) is 5.52 Å². The van der Waals surface area contributed by atoms with Crippen molar-refractivity contribution in [2.24, 2.45) is 0 Å². The lowest BCUT2D eigenvalue weighted by Crippen LogP contribution is -2.11. The minimum atomic E-state index is 0.783. The lowest BCUT2D eigenvalue weighted by atomic mass is 10.3. The van der Waals surface area contributed by atoms with Gasteiger partial charge in [-0.15, -0.1) is 0 Å². The monoisotopic (exact) mass is 204 g/mol. The third kappa shape index (κ3) is 1.68. The predicted octanol–water partition coefficient (Wildman–Crippen LogP) is 1.12. The topological polar surface area (TPSA) is 32.6 Å². The van der Waals surface area contributed by atoms with Gasteiger partial charge in [0, 0.05) is 20.3 Å². The van der Waals surface area contributed by atoms with Crippen molar-refractivity contribution in [1.29, 1.82) is 0 Å². The van der Waals surface area contributed by atoms with Gasteiger partial charge in [0.1, 0.15) is 5.82 Å². The average molecular weight is 204 g/mol. The van der Waals surface area contributed by atoms with E-state index < -0.39 is 0 Å². The third-order valence-electron chi connectivity index (χ3n) is 2.44. The Labute approximate surface area is 89.5 Å². The molecule has 4 heteroatoms. The molecular formula is C11H16N4. The van der Waals surface area contributed by atoms with Crippen LogP contribution in [0, 0.1) is 0 Å². The molecule has 1 N–H and O–H groups in total. The van der Waals surface area contributed by atoms with Gasteiger partial charge in [0.05, 0.1) is 23.9 Å². The highest BCUT2D eigenvalue weighted by Crippen LogP contribution is 2.20. The lowest BCUT2D eigenvalue weighted by Gasteiger charge is -2.13. The normalized spacial score (nSPS) is 10.9. The Bertz CT molecular complexity index is 459. The van der Waals surface area contributed by atoms with Gasteiger partial charge in [-0.2, -0.15) is 0 Å². The van der Waals surface area contributed by atoms with Gasteiger partial charge in [-0.3, -0.25) is 0 Å². The zero-order valence-electron chi connectivity index (χ0n) is 9.36. The summed E-state index contributed by atoms with van der Waals surface area (Å²) in [5, 5.41) is 3.11. The van der Waals surface area contributed by atoms with E-state index in [1.807, 2.05) is 39.6 Å². The second-order valence-electron chi connectivity index (χ2n) is 3.75. The quantitative estimate of drug-likeness (QED) is 0.813. The Kier molecular flexibility index (Phi) is 2.60. The molecule has 0 aliphatic rings. The molecule has 0 saturated carbocycles. The summed E-state index contributed by atoms with van der Waals surface area (Å²) in [6.07, 6.45) is 3.96. The van der Waals surface area contributed by atoms with E-state index in [0.29, 0.717) is 0 Å². The van der Waals surface area contributed by atoms with Gasteiger partial charge in [0.2, 0.25) is 0 Å². The van der Waals surface area contributed by atoms with Crippen molar-refractivity contribution in [2.75, 3.05) is 26.0 Å². The molecule has 0 fully saturated rings. The zero-order valence-corrected chi connectivity index (χ0v) is 9.36. The first kappa shape index (κ1) is 9.98. The fraction of sp³-hybridized carbons (Fsp3) is 0.364. The Balaban J connectivity index is 2.58. The van der Waals surface area contributed by atoms with Crippen LogP contribution in [0.15, 0.2) is 24.5 Å². The molecule has 2 heterocycles. The summed E-state index contributed by atoms with van der Waals surface area (Å²) in [7, 11) is 6.01. The molecule has 0 aromatic carbocycles. The molecular weight excluding hydrogens is 188 g/mol. The Hall–Kier alpha value is -1.55. The second-order valence-corrected chi connectivity index (χ2v) is 3.75. The van der Waals surface area contributed by atoms with Crippen molar-refractivity contribution >= 4 is 11.2 Å². The largest absolute Gasteiger partial charge is 0.376 e. The molecule has 0 atom stereocenters. The molecule has 0 aliphatic carbocycles. The molecule has 0 spiro atoms. The fourth-order valence-corrected chi connectivity index (χ4v) is 1.73. The van der Waals surface area contributed by atoms with Crippen molar-refractivity contribution in [1.82, 2.24) is 14.7 Å². The van der Waals surface area contributed by atoms with E-state index in [9.17, 15) is 0 Å². The van der Waals surface area contributed by atoms with E-state index in [2.05, 4.69) is 25.7 Å². The molecule has 2 aromatic heterocycles. The van der Waals surface area contributed by atoms with Crippen LogP contribution < -0.4 is 10.2 Å². The van der Waals surface area contributed by atoms with Crippen LogP contribution >= 0.6 is 0 Å². The number of hydrogen-bond donors (Lipinski definition) is 1. The van der Waals surface area contributed by atoms with Gasteiger partial charge in [-0.1, -0.05) is 0 Å². The number of rotatable bonds is 3. The Morgan fingerprint density at radius 2 is 2.27 bits per heavy atom. The number of pyridine rings is 1. The Morgan fingerprint density at radius 1 is 1.47 bits per heavy atom. The van der Waals surface area contributed by atoms with Crippen LogP contribution in [0.1, 0.15) is 5.82 Å². The van der Waals surface area contributed by atoms with Crippen LogP contribution in [-0.4, -0.2) is 30.5 Å². The van der Waals surface area contributed by atoms with Gasteiger partial charge in [-0.05, 0) is 19.2 Å². The highest BCUT2D eigenvalue weighted by Gasteiger charge is 2.06. The third-order valence-corrected chi connectivity index (χ3v) is 2.44. The van der Waals surface area contributed by atoms with E-state index in [4.69, 9.17) is 0 Å². The molecule has 0 radical (unpaired) electrons. The summed E-state index contributed by atoms with van der Waals surface area (Å²) in [5.74, 6) is 1.04. The van der Waals surface area contributed by atoms with E-state index >= 15 is 0 Å². The van der Waals surface area contributed by atoms with E-state index in [1.54, 1.807) is 0 Å². The van der Waals surface area contributed by atoms with Gasteiger partial charge in [0.15, 0.2) is 0 Å². The first-order valence-electron chi connectivity index (χ1n) is 5.01. The van der Waals surface area contributed by atoms with Gasteiger partial charge < -0.3 is 14.6 Å². The smallest absolute Gasteiger partial charge is 0.127 e. The van der Waals surface area contributed by atoms with E-state index in [0.717, 1.165) is 17.9 Å². The summed E-state index contributed by atoms with van der Waals surface area (Å²) >= 11 is 0. The minimum absolute atomic E-state index is 0.783. The molecule has 4 nitrogen and oxygen atoms in total. The SMILES string of the molecule is CNCc1ncc2c(N(C)C)cccn12. The van der Waals surface area contributed by atoms with Crippen LogP contribution in [-0.2, 0) is 6.54 Å². The number of aromatic nitrogens is 2. The lowest BCUT2D eigenvalue weighted by molar-refractivity contribution is 0.755. The highest BCUT2D eigenvalue weighted by atomic mass is 15.1. The summed E-state index contributed by atoms with van der Waals surface area (Å²) < 4.78 is 2.12. The molecule has 2 aromatic rings. The maximum atomic E-state index is 4.40. The number of nitrogens with one attached hydrogen (secondary N) is 1. The number of nitrogens with zero attached hydrogens (tertiary/aromatic N) is 3. The number of fused-ring (bicyclic) bond motifs is 1. The number of anilines is 1. The summed E-state index contributed by atoms with van der Waals surface area (Å²) in [5.41, 5.74) is 2.33. The molecule has 0 saturated heterocycles. The van der Waals surface area contributed by atoms with Crippen LogP contribution in [0.4, 0.5) is 5.69 Å². The first-order valence-corrected chi connectivity index (χ1v) is 5.01. The fourth-order valence-electron chi connectivity index (χ4n) is 1.73. The number of hydrogen-bond acceptors (Lipinski definition) is 3. The predicted molar refractivity (Wildman–Crippen MR) is 62.3 cm³/mol. The molecule has 0 bridgehead atoms. The first-order chi connectivity index (χ1) is 7.24. The maximum Gasteiger partial charge on any atom is 0.127 e. The molecule has 0 unspecified atom stereocenters. The second kappa shape index (κ2) is 3.90. The van der Waals surface area contributed by atoms with Crippen molar-refractivity contribution < 1.29 is 0 Å². The van der Waals surface area contributed by atoms with E-state index in [-0.39, 0.29) is 0 Å². The summed E-state index contributed by atoms with van der Waals surface area (Å²) in [4.78, 5) is 6.50. The van der Waals surface area contributed by atoms with Gasteiger partial charge in [-0.25, -0.2) is 4.98 Å². The van der Waals surface area contributed by atoms with Crippen LogP contribution in [0.3, 0.4) is 0 Å². The summed E-state index contributed by atoms with van der Waals surface area (Å²) in [6.45, 7) is 0.783. The van der Waals surface area contributed by atoms with Crippen molar-refractivity contribution in [3.8, 4) is 0 Å². The number of imidazole rings is 1. The zero-order chi connectivity index (χ0) is 10.8. The van der Waals surface area contributed by atoms with Crippen molar-refractivity contribution in [2.45, 2.75) is 6.54 Å². The highest BCUT2D eigenvalue weighted by molar-refractivity contribution is 5.72. The molecule has 0 aliphatic heterocycles. The van der Waals surface area contributed by atoms with E-state index in [1.165, 1.54) is 5.69 Å².